The molecule has 1 heterocycles. The van der Waals surface area contributed by atoms with Gasteiger partial charge in [0.1, 0.15) is 12.1 Å². The molecule has 1 N–H and O–H groups in total. The number of hydrogen-bond acceptors (Lipinski definition) is 4. The second-order valence-electron chi connectivity index (χ2n) is 5.29. The maximum Gasteiger partial charge on any atom is 0.387 e. The van der Waals surface area contributed by atoms with Crippen LogP contribution in [0.1, 0.15) is 49.0 Å². The molecule has 0 aliphatic carbocycles. The van der Waals surface area contributed by atoms with Gasteiger partial charge in [-0.15, -0.1) is 10.2 Å². The van der Waals surface area contributed by atoms with Gasteiger partial charge in [-0.3, -0.25) is 4.79 Å². The van der Waals surface area contributed by atoms with E-state index in [2.05, 4.69) is 20.3 Å². The zero-order chi connectivity index (χ0) is 17.0. The van der Waals surface area contributed by atoms with E-state index in [4.69, 9.17) is 0 Å². The van der Waals surface area contributed by atoms with Gasteiger partial charge < -0.3 is 14.6 Å². The number of rotatable bonds is 6. The van der Waals surface area contributed by atoms with E-state index >= 15 is 0 Å². The summed E-state index contributed by atoms with van der Waals surface area (Å²) in [5.41, 5.74) is 0.227. The first-order valence-corrected chi connectivity index (χ1v) is 7.13. The number of nitrogens with zero attached hydrogens (tertiary/aromatic N) is 3. The summed E-state index contributed by atoms with van der Waals surface area (Å²) in [6, 6.07) is 5.40. The molecule has 0 aliphatic heterocycles. The summed E-state index contributed by atoms with van der Waals surface area (Å²) in [4.78, 5) is 12.3. The van der Waals surface area contributed by atoms with Crippen molar-refractivity contribution in [2.45, 2.75) is 39.5 Å². The van der Waals surface area contributed by atoms with E-state index in [9.17, 15) is 13.6 Å². The Balaban J connectivity index is 2.11. The van der Waals surface area contributed by atoms with E-state index in [1.54, 1.807) is 13.3 Å². The van der Waals surface area contributed by atoms with Gasteiger partial charge in [-0.25, -0.2) is 0 Å². The largest absolute Gasteiger partial charge is 0.435 e. The maximum atomic E-state index is 12.3. The number of nitrogens with one attached hydrogen (secondary N) is 1. The molecule has 0 radical (unpaired) electrons. The van der Waals surface area contributed by atoms with Crippen LogP contribution in [-0.2, 0) is 0 Å². The molecule has 2 aromatic rings. The summed E-state index contributed by atoms with van der Waals surface area (Å²) < 4.78 is 30.6. The third-order valence-corrected chi connectivity index (χ3v) is 3.21. The average Bonchev–Trinajstić information content (AvgIpc) is 2.96. The summed E-state index contributed by atoms with van der Waals surface area (Å²) in [7, 11) is 0. The number of amides is 1. The van der Waals surface area contributed by atoms with Crippen LogP contribution in [0.15, 0.2) is 30.6 Å². The summed E-state index contributed by atoms with van der Waals surface area (Å²) in [6.07, 6.45) is 1.60. The third kappa shape index (κ3) is 4.24. The van der Waals surface area contributed by atoms with E-state index in [1.165, 1.54) is 24.3 Å². The minimum Gasteiger partial charge on any atom is -0.435 e. The number of carbonyl (C=O) groups is 1. The highest BCUT2D eigenvalue weighted by molar-refractivity contribution is 5.94. The van der Waals surface area contributed by atoms with Crippen LogP contribution in [-0.4, -0.2) is 27.3 Å². The first kappa shape index (κ1) is 16.9. The van der Waals surface area contributed by atoms with Gasteiger partial charge in [0, 0.05) is 11.6 Å². The Morgan fingerprint density at radius 3 is 2.70 bits per heavy atom. The van der Waals surface area contributed by atoms with E-state index in [1.807, 2.05) is 18.4 Å². The second kappa shape index (κ2) is 7.17. The lowest BCUT2D eigenvalue weighted by atomic mass is 10.2. The molecule has 0 saturated heterocycles. The normalized spacial score (nSPS) is 12.5. The highest BCUT2D eigenvalue weighted by atomic mass is 19.3. The number of aromatic nitrogens is 3. The number of hydrogen-bond donors (Lipinski definition) is 1. The molecular weight excluding hydrogens is 306 g/mol. The summed E-state index contributed by atoms with van der Waals surface area (Å²) in [5.74, 6) is 0.148. The fourth-order valence-corrected chi connectivity index (χ4v) is 2.12. The van der Waals surface area contributed by atoms with Crippen molar-refractivity contribution in [2.24, 2.45) is 0 Å². The molecule has 0 fully saturated rings. The minimum atomic E-state index is -2.93. The average molecular weight is 324 g/mol. The Labute approximate surface area is 132 Å². The van der Waals surface area contributed by atoms with Crippen LogP contribution >= 0.6 is 0 Å². The van der Waals surface area contributed by atoms with Crippen molar-refractivity contribution in [3.05, 3.63) is 42.0 Å². The molecule has 2 rings (SSSR count). The van der Waals surface area contributed by atoms with Gasteiger partial charge in [-0.2, -0.15) is 8.78 Å². The highest BCUT2D eigenvalue weighted by Crippen LogP contribution is 2.18. The predicted octanol–water partition coefficient (Wildman–Crippen LogP) is 2.95. The molecule has 1 aromatic carbocycles. The smallest absolute Gasteiger partial charge is 0.387 e. The standard InChI is InChI=1S/C15H18F2N4O2/c1-9(2)21-8-18-20-13(21)10(3)19-14(22)11-5-4-6-12(7-11)23-15(16)17/h4-10,15H,1-3H3,(H,19,22). The van der Waals surface area contributed by atoms with Gasteiger partial charge in [-0.05, 0) is 39.0 Å². The van der Waals surface area contributed by atoms with E-state index in [0.29, 0.717) is 5.82 Å². The SMILES string of the molecule is CC(NC(=O)c1cccc(OC(F)F)c1)c1nncn1C(C)C. The fraction of sp³-hybridized carbons (Fsp3) is 0.400. The van der Waals surface area contributed by atoms with Crippen LogP contribution in [0.5, 0.6) is 5.75 Å². The van der Waals surface area contributed by atoms with Crippen LogP contribution in [0.4, 0.5) is 8.78 Å². The van der Waals surface area contributed by atoms with Crippen molar-refractivity contribution in [1.82, 2.24) is 20.1 Å². The Morgan fingerprint density at radius 2 is 2.04 bits per heavy atom. The van der Waals surface area contributed by atoms with E-state index in [-0.39, 0.29) is 23.4 Å². The molecule has 0 bridgehead atoms. The zero-order valence-electron chi connectivity index (χ0n) is 13.0. The first-order chi connectivity index (χ1) is 10.9. The van der Waals surface area contributed by atoms with Crippen molar-refractivity contribution in [3.8, 4) is 5.75 Å². The highest BCUT2D eigenvalue weighted by Gasteiger charge is 2.18. The van der Waals surface area contributed by atoms with Gasteiger partial charge in [0.05, 0.1) is 6.04 Å². The van der Waals surface area contributed by atoms with Crippen LogP contribution < -0.4 is 10.1 Å². The zero-order valence-corrected chi connectivity index (χ0v) is 13.0. The topological polar surface area (TPSA) is 69.0 Å². The van der Waals surface area contributed by atoms with Crippen molar-refractivity contribution < 1.29 is 18.3 Å². The predicted molar refractivity (Wildman–Crippen MR) is 79.4 cm³/mol. The lowest BCUT2D eigenvalue weighted by Gasteiger charge is -2.17. The van der Waals surface area contributed by atoms with Gasteiger partial charge in [0.15, 0.2) is 5.82 Å². The number of alkyl halides is 2. The van der Waals surface area contributed by atoms with Crippen molar-refractivity contribution in [1.29, 1.82) is 0 Å². The van der Waals surface area contributed by atoms with Gasteiger partial charge in [-0.1, -0.05) is 6.07 Å². The number of halogens is 2. The Kier molecular flexibility index (Phi) is 5.25. The van der Waals surface area contributed by atoms with Crippen molar-refractivity contribution in [3.63, 3.8) is 0 Å². The molecule has 1 atom stereocenters. The molecule has 1 unspecified atom stereocenters. The summed E-state index contributed by atoms with van der Waals surface area (Å²) >= 11 is 0. The van der Waals surface area contributed by atoms with Crippen molar-refractivity contribution in [2.75, 3.05) is 0 Å². The molecule has 6 nitrogen and oxygen atoms in total. The van der Waals surface area contributed by atoms with Crippen LogP contribution in [0.2, 0.25) is 0 Å². The van der Waals surface area contributed by atoms with E-state index < -0.39 is 12.5 Å². The lowest BCUT2D eigenvalue weighted by molar-refractivity contribution is -0.0498. The van der Waals surface area contributed by atoms with Crippen LogP contribution in [0.3, 0.4) is 0 Å². The Morgan fingerprint density at radius 1 is 1.30 bits per heavy atom. The summed E-state index contributed by atoms with van der Waals surface area (Å²) in [5, 5.41) is 10.6. The summed E-state index contributed by atoms with van der Waals surface area (Å²) in [6.45, 7) is 2.80. The van der Waals surface area contributed by atoms with Crippen LogP contribution in [0, 0.1) is 0 Å². The molecule has 0 saturated carbocycles. The van der Waals surface area contributed by atoms with E-state index in [0.717, 1.165) is 0 Å². The van der Waals surface area contributed by atoms with Gasteiger partial charge in [0.25, 0.3) is 5.91 Å². The maximum absolute atomic E-state index is 12.3. The molecular formula is C15H18F2N4O2. The first-order valence-electron chi connectivity index (χ1n) is 7.13. The lowest BCUT2D eigenvalue weighted by Crippen LogP contribution is -2.29. The molecule has 0 aliphatic rings. The molecule has 0 spiro atoms. The number of benzene rings is 1. The quantitative estimate of drug-likeness (QED) is 0.887. The van der Waals surface area contributed by atoms with Crippen molar-refractivity contribution >= 4 is 5.91 Å². The van der Waals surface area contributed by atoms with Gasteiger partial charge in [0.2, 0.25) is 0 Å². The Hall–Kier alpha value is -2.51. The van der Waals surface area contributed by atoms with Gasteiger partial charge >= 0.3 is 6.61 Å². The third-order valence-electron chi connectivity index (χ3n) is 3.21. The molecule has 124 valence electrons. The monoisotopic (exact) mass is 324 g/mol. The molecule has 23 heavy (non-hydrogen) atoms. The number of carbonyl (C=O) groups excluding carboxylic acids is 1. The van der Waals surface area contributed by atoms with Crippen LogP contribution in [0.25, 0.3) is 0 Å². The minimum absolute atomic E-state index is 0.0642. The Bertz CT molecular complexity index is 673. The number of ether oxygens (including phenoxy) is 1. The molecule has 1 amide bonds. The molecule has 8 heteroatoms. The second-order valence-corrected chi connectivity index (χ2v) is 5.29. The fourth-order valence-electron chi connectivity index (χ4n) is 2.12. The molecule has 1 aromatic heterocycles.